The lowest BCUT2D eigenvalue weighted by Crippen LogP contribution is -2.12. The highest BCUT2D eigenvalue weighted by molar-refractivity contribution is 6.29. The molecule has 0 N–H and O–H groups in total. The second kappa shape index (κ2) is 3.06. The third kappa shape index (κ3) is 1.46. The van der Waals surface area contributed by atoms with Crippen molar-refractivity contribution in [1.82, 2.24) is 4.98 Å². The number of aryl methyl sites for hydroxylation is 1. The van der Waals surface area contributed by atoms with Crippen LogP contribution in [0.15, 0.2) is 12.1 Å². The average molecular weight is 182 g/mol. The van der Waals surface area contributed by atoms with E-state index in [-0.39, 0.29) is 0 Å². The van der Waals surface area contributed by atoms with E-state index >= 15 is 0 Å². The summed E-state index contributed by atoms with van der Waals surface area (Å²) in [7, 11) is 0. The van der Waals surface area contributed by atoms with Crippen LogP contribution in [-0.4, -0.2) is 4.98 Å². The number of nitrogens with zero attached hydrogens (tertiary/aromatic N) is 1. The Labute approximate surface area is 77.8 Å². The van der Waals surface area contributed by atoms with E-state index in [0.717, 1.165) is 12.3 Å². The van der Waals surface area contributed by atoms with Gasteiger partial charge >= 0.3 is 0 Å². The maximum atomic E-state index is 5.80. The molecule has 2 rings (SSSR count). The molecule has 0 aliphatic heterocycles. The fourth-order valence-corrected chi connectivity index (χ4v) is 1.93. The van der Waals surface area contributed by atoms with Crippen molar-refractivity contribution >= 4 is 11.6 Å². The molecule has 12 heavy (non-hydrogen) atoms. The van der Waals surface area contributed by atoms with E-state index < -0.39 is 0 Å². The summed E-state index contributed by atoms with van der Waals surface area (Å²) in [6.07, 6.45) is 3.51. The lowest BCUT2D eigenvalue weighted by atomic mass is 9.88. The van der Waals surface area contributed by atoms with E-state index in [2.05, 4.69) is 18.0 Å². The minimum absolute atomic E-state index is 0.628. The Morgan fingerprint density at radius 1 is 1.50 bits per heavy atom. The van der Waals surface area contributed by atoms with E-state index in [0.29, 0.717) is 5.15 Å². The summed E-state index contributed by atoms with van der Waals surface area (Å²) in [4.78, 5) is 4.31. The number of rotatable bonds is 0. The van der Waals surface area contributed by atoms with Crippen LogP contribution in [0.1, 0.15) is 24.6 Å². The standard InChI is InChI=1S/C10H12ClN/c1-7-2-4-9-8(6-7)3-5-10(11)12-9/h3,5,7H,2,4,6H2,1H3. The van der Waals surface area contributed by atoms with Crippen LogP contribution in [0.25, 0.3) is 0 Å². The van der Waals surface area contributed by atoms with Crippen LogP contribution >= 0.6 is 11.6 Å². The van der Waals surface area contributed by atoms with E-state index in [1.54, 1.807) is 0 Å². The molecule has 0 amide bonds. The Kier molecular flexibility index (Phi) is 2.05. The van der Waals surface area contributed by atoms with Gasteiger partial charge in [-0.2, -0.15) is 0 Å². The van der Waals surface area contributed by atoms with E-state index in [1.807, 2.05) is 6.07 Å². The topological polar surface area (TPSA) is 12.9 Å². The summed E-state index contributed by atoms with van der Waals surface area (Å²) in [6.45, 7) is 2.29. The van der Waals surface area contributed by atoms with Gasteiger partial charge in [0.2, 0.25) is 0 Å². The molecule has 1 aliphatic carbocycles. The Morgan fingerprint density at radius 3 is 3.17 bits per heavy atom. The van der Waals surface area contributed by atoms with Crippen molar-refractivity contribution in [3.05, 3.63) is 28.5 Å². The van der Waals surface area contributed by atoms with Gasteiger partial charge in [0.1, 0.15) is 5.15 Å². The first-order valence-corrected chi connectivity index (χ1v) is 4.78. The van der Waals surface area contributed by atoms with E-state index in [4.69, 9.17) is 11.6 Å². The zero-order valence-corrected chi connectivity index (χ0v) is 7.93. The smallest absolute Gasteiger partial charge is 0.129 e. The van der Waals surface area contributed by atoms with Crippen molar-refractivity contribution in [3.63, 3.8) is 0 Å². The van der Waals surface area contributed by atoms with Gasteiger partial charge in [0, 0.05) is 5.69 Å². The molecule has 0 saturated carbocycles. The first kappa shape index (κ1) is 8.06. The van der Waals surface area contributed by atoms with Gasteiger partial charge in [0.15, 0.2) is 0 Å². The Morgan fingerprint density at radius 2 is 2.33 bits per heavy atom. The molecule has 1 atom stereocenters. The van der Waals surface area contributed by atoms with Crippen LogP contribution in [0.5, 0.6) is 0 Å². The van der Waals surface area contributed by atoms with Crippen molar-refractivity contribution in [2.75, 3.05) is 0 Å². The van der Waals surface area contributed by atoms with Crippen molar-refractivity contribution < 1.29 is 0 Å². The summed E-state index contributed by atoms with van der Waals surface area (Å²) in [5, 5.41) is 0.628. The van der Waals surface area contributed by atoms with Crippen molar-refractivity contribution in [3.8, 4) is 0 Å². The normalized spacial score (nSPS) is 22.0. The van der Waals surface area contributed by atoms with Gasteiger partial charge in [-0.3, -0.25) is 0 Å². The van der Waals surface area contributed by atoms with Crippen molar-refractivity contribution in [2.45, 2.75) is 26.2 Å². The van der Waals surface area contributed by atoms with Gasteiger partial charge < -0.3 is 0 Å². The number of hydrogen-bond acceptors (Lipinski definition) is 1. The monoisotopic (exact) mass is 181 g/mol. The van der Waals surface area contributed by atoms with E-state index in [1.165, 1.54) is 24.1 Å². The first-order chi connectivity index (χ1) is 5.75. The Balaban J connectivity index is 2.37. The third-order valence-electron chi connectivity index (χ3n) is 2.48. The molecule has 1 aromatic heterocycles. The predicted octanol–water partition coefficient (Wildman–Crippen LogP) is 2.86. The number of pyridine rings is 1. The van der Waals surface area contributed by atoms with Gasteiger partial charge in [-0.1, -0.05) is 24.6 Å². The highest BCUT2D eigenvalue weighted by atomic mass is 35.5. The molecule has 0 spiro atoms. The van der Waals surface area contributed by atoms with Gasteiger partial charge in [-0.15, -0.1) is 0 Å². The van der Waals surface area contributed by atoms with Crippen LogP contribution < -0.4 is 0 Å². The molecular weight excluding hydrogens is 170 g/mol. The molecule has 1 aromatic rings. The van der Waals surface area contributed by atoms with Crippen molar-refractivity contribution in [2.24, 2.45) is 5.92 Å². The highest BCUT2D eigenvalue weighted by Gasteiger charge is 2.15. The van der Waals surface area contributed by atoms with Crippen LogP contribution in [-0.2, 0) is 12.8 Å². The maximum absolute atomic E-state index is 5.80. The molecule has 1 aliphatic rings. The fraction of sp³-hybridized carbons (Fsp3) is 0.500. The van der Waals surface area contributed by atoms with Crippen molar-refractivity contribution in [1.29, 1.82) is 0 Å². The van der Waals surface area contributed by atoms with Crippen LogP contribution in [0.2, 0.25) is 5.15 Å². The SMILES string of the molecule is CC1CCc2nc(Cl)ccc2C1. The number of fused-ring (bicyclic) bond motifs is 1. The third-order valence-corrected chi connectivity index (χ3v) is 2.69. The number of aromatic nitrogens is 1. The Hall–Kier alpha value is -0.560. The maximum Gasteiger partial charge on any atom is 0.129 e. The summed E-state index contributed by atoms with van der Waals surface area (Å²) in [6, 6.07) is 4.00. The lowest BCUT2D eigenvalue weighted by Gasteiger charge is -2.20. The molecular formula is C10H12ClN. The van der Waals surface area contributed by atoms with Crippen LogP contribution in [0.3, 0.4) is 0 Å². The zero-order chi connectivity index (χ0) is 8.55. The largest absolute Gasteiger partial charge is 0.241 e. The molecule has 0 bridgehead atoms. The summed E-state index contributed by atoms with van der Waals surface area (Å²) >= 11 is 5.80. The second-order valence-electron chi connectivity index (χ2n) is 3.59. The minimum atomic E-state index is 0.628. The van der Waals surface area contributed by atoms with Crippen LogP contribution in [0.4, 0.5) is 0 Å². The van der Waals surface area contributed by atoms with Gasteiger partial charge in [-0.05, 0) is 36.8 Å². The van der Waals surface area contributed by atoms with Gasteiger partial charge in [0.05, 0.1) is 0 Å². The molecule has 64 valence electrons. The molecule has 1 unspecified atom stereocenters. The Bertz CT molecular complexity index is 296. The predicted molar refractivity (Wildman–Crippen MR) is 50.4 cm³/mol. The minimum Gasteiger partial charge on any atom is -0.241 e. The summed E-state index contributed by atoms with van der Waals surface area (Å²) in [5.41, 5.74) is 2.60. The fourth-order valence-electron chi connectivity index (χ4n) is 1.77. The zero-order valence-electron chi connectivity index (χ0n) is 7.18. The van der Waals surface area contributed by atoms with Crippen LogP contribution in [0, 0.1) is 5.92 Å². The highest BCUT2D eigenvalue weighted by Crippen LogP contribution is 2.24. The molecule has 0 saturated heterocycles. The summed E-state index contributed by atoms with van der Waals surface area (Å²) in [5.74, 6) is 0.806. The molecule has 0 aromatic carbocycles. The first-order valence-electron chi connectivity index (χ1n) is 4.40. The summed E-state index contributed by atoms with van der Waals surface area (Å²) < 4.78 is 0. The molecule has 2 heteroatoms. The van der Waals surface area contributed by atoms with Gasteiger partial charge in [0.25, 0.3) is 0 Å². The number of hydrogen-bond donors (Lipinski definition) is 0. The quantitative estimate of drug-likeness (QED) is 0.561. The molecule has 0 fully saturated rings. The average Bonchev–Trinajstić information content (AvgIpc) is 2.05. The molecule has 0 radical (unpaired) electrons. The van der Waals surface area contributed by atoms with E-state index in [9.17, 15) is 0 Å². The molecule has 1 nitrogen and oxygen atoms in total. The second-order valence-corrected chi connectivity index (χ2v) is 3.98. The number of halogens is 1. The van der Waals surface area contributed by atoms with Gasteiger partial charge in [-0.25, -0.2) is 4.98 Å². The molecule has 1 heterocycles. The lowest BCUT2D eigenvalue weighted by molar-refractivity contribution is 0.494.